The molecule has 17 heteroatoms. The lowest BCUT2D eigenvalue weighted by Gasteiger charge is -2.48. The molecule has 3 fully saturated rings. The molecular weight excluding hydrogens is 676 g/mol. The minimum Gasteiger partial charge on any atom is -0.445 e. The van der Waals surface area contributed by atoms with Crippen molar-refractivity contribution in [1.29, 1.82) is 0 Å². The van der Waals surface area contributed by atoms with Crippen molar-refractivity contribution in [2.45, 2.75) is 87.3 Å². The molecule has 0 radical (unpaired) electrons. The number of nitrogens with zero attached hydrogens (tertiary/aromatic N) is 6. The van der Waals surface area contributed by atoms with E-state index >= 15 is 0 Å². The fraction of sp³-hybridized carbons (Fsp3) is 0.429. The second-order valence-corrected chi connectivity index (χ2v) is 12.4. The molecule has 0 spiro atoms. The monoisotopic (exact) mass is 714 g/mol. The highest BCUT2D eigenvalue weighted by molar-refractivity contribution is 5.71. The van der Waals surface area contributed by atoms with E-state index in [1.165, 1.54) is 0 Å². The van der Waals surface area contributed by atoms with E-state index in [4.69, 9.17) is 34.0 Å². The van der Waals surface area contributed by atoms with Crippen molar-refractivity contribution in [3.8, 4) is 0 Å². The van der Waals surface area contributed by atoms with Crippen molar-refractivity contribution < 1.29 is 43.1 Å². The van der Waals surface area contributed by atoms with E-state index in [-0.39, 0.29) is 32.8 Å². The molecule has 1 saturated carbocycles. The van der Waals surface area contributed by atoms with Crippen molar-refractivity contribution in [3.05, 3.63) is 129 Å². The van der Waals surface area contributed by atoms with Crippen molar-refractivity contribution >= 4 is 12.2 Å². The fourth-order valence-electron chi connectivity index (χ4n) is 6.54. The third-order valence-electron chi connectivity index (χ3n) is 9.03. The molecule has 1 aliphatic carbocycles. The van der Waals surface area contributed by atoms with Gasteiger partial charge in [-0.3, -0.25) is 0 Å². The van der Waals surface area contributed by atoms with Gasteiger partial charge in [-0.05, 0) is 34.2 Å². The van der Waals surface area contributed by atoms with Crippen LogP contribution in [-0.4, -0.2) is 84.9 Å². The molecule has 0 bridgehead atoms. The van der Waals surface area contributed by atoms with Crippen LogP contribution in [0.4, 0.5) is 9.59 Å². The first-order valence-corrected chi connectivity index (χ1v) is 16.7. The number of benzene rings is 3. The first-order valence-electron chi connectivity index (χ1n) is 16.7. The zero-order valence-corrected chi connectivity index (χ0v) is 27.9. The molecule has 3 aromatic carbocycles. The summed E-state index contributed by atoms with van der Waals surface area (Å²) in [7, 11) is 0. The van der Waals surface area contributed by atoms with Gasteiger partial charge in [0.25, 0.3) is 0 Å². The van der Waals surface area contributed by atoms with Gasteiger partial charge in [0.2, 0.25) is 0 Å². The summed E-state index contributed by atoms with van der Waals surface area (Å²) in [5, 5.41) is 24.8. The number of aliphatic hydroxyl groups excluding tert-OH is 1. The van der Waals surface area contributed by atoms with Crippen molar-refractivity contribution in [1.82, 2.24) is 10.6 Å². The Bertz CT molecular complexity index is 1730. The maximum absolute atomic E-state index is 13.4. The number of rotatable bonds is 14. The van der Waals surface area contributed by atoms with Gasteiger partial charge >= 0.3 is 12.2 Å². The van der Waals surface area contributed by atoms with Gasteiger partial charge in [-0.1, -0.05) is 101 Å². The Kier molecular flexibility index (Phi) is 12.4. The molecule has 2 amide bonds. The molecule has 0 aromatic heterocycles. The van der Waals surface area contributed by atoms with E-state index in [9.17, 15) is 20.2 Å². The predicted octanol–water partition coefficient (Wildman–Crippen LogP) is 4.79. The number of alkyl carbamates (subject to hydrolysis) is 2. The number of azide groups is 2. The maximum atomic E-state index is 13.4. The van der Waals surface area contributed by atoms with Crippen LogP contribution in [0.5, 0.6) is 0 Å². The number of aliphatic hydroxyl groups is 1. The third-order valence-corrected chi connectivity index (χ3v) is 9.03. The summed E-state index contributed by atoms with van der Waals surface area (Å²) in [4.78, 5) is 31.8. The summed E-state index contributed by atoms with van der Waals surface area (Å²) in [5.74, 6) is 0. The second-order valence-electron chi connectivity index (χ2n) is 12.4. The Hall–Kier alpha value is -5.38. The number of ether oxygens (including phenoxy) is 6. The Morgan fingerprint density at radius 2 is 1.50 bits per heavy atom. The summed E-state index contributed by atoms with van der Waals surface area (Å²) < 4.78 is 36.2. The second kappa shape index (κ2) is 17.7. The van der Waals surface area contributed by atoms with Crippen LogP contribution in [0.1, 0.15) is 23.1 Å². The number of nitrogens with one attached hydrogen (secondary N) is 2. The zero-order chi connectivity index (χ0) is 36.3. The van der Waals surface area contributed by atoms with Gasteiger partial charge in [0.05, 0.1) is 44.1 Å². The van der Waals surface area contributed by atoms with Gasteiger partial charge in [0.15, 0.2) is 12.4 Å². The van der Waals surface area contributed by atoms with Crippen LogP contribution < -0.4 is 10.6 Å². The van der Waals surface area contributed by atoms with Crippen LogP contribution in [0.3, 0.4) is 0 Å². The van der Waals surface area contributed by atoms with Crippen LogP contribution in [0, 0.1) is 0 Å². The number of amides is 2. The molecule has 2 saturated heterocycles. The topological polar surface area (TPSA) is 231 Å². The summed E-state index contributed by atoms with van der Waals surface area (Å²) >= 11 is 0. The summed E-state index contributed by atoms with van der Waals surface area (Å²) in [6.45, 7) is 0.0800. The van der Waals surface area contributed by atoms with E-state index in [1.807, 2.05) is 78.9 Å². The number of carbonyl (C=O) groups excluding carboxylic acids is 2. The molecule has 272 valence electrons. The number of hydrogen-bond acceptors (Lipinski definition) is 11. The smallest absolute Gasteiger partial charge is 0.408 e. The van der Waals surface area contributed by atoms with Crippen LogP contribution >= 0.6 is 0 Å². The van der Waals surface area contributed by atoms with E-state index < -0.39 is 73.2 Å². The first kappa shape index (κ1) is 36.4. The van der Waals surface area contributed by atoms with Gasteiger partial charge < -0.3 is 44.2 Å². The van der Waals surface area contributed by atoms with Gasteiger partial charge in [-0.15, -0.1) is 0 Å². The van der Waals surface area contributed by atoms with Gasteiger partial charge in [0, 0.05) is 9.82 Å². The van der Waals surface area contributed by atoms with Crippen LogP contribution in [0.15, 0.2) is 101 Å². The van der Waals surface area contributed by atoms with E-state index in [0.717, 1.165) is 16.7 Å². The molecule has 10 atom stereocenters. The van der Waals surface area contributed by atoms with E-state index in [0.29, 0.717) is 0 Å². The highest BCUT2D eigenvalue weighted by Crippen LogP contribution is 2.35. The minimum absolute atomic E-state index is 0.0505. The standard InChI is InChI=1S/C35H38N8O9/c36-42-38-17-26-25(47-18-21-10-4-1-5-11-21)16-24(41-43-37)33(50-26)51-31-27(39-34(45)49-20-23-14-8-3-9-15-23)30(48-19-22-12-6-2-7-13-22)28-32(29(31)44)52-35(46)40-28/h1-15,24-33,44H,16-20H2,(H,39,45)(H,40,46)/t24-,25+,26-,27+,28-,29+,30+,31-,32+,33-/m1/s1. The largest absolute Gasteiger partial charge is 0.445 e. The molecule has 3 aliphatic rings. The summed E-state index contributed by atoms with van der Waals surface area (Å²) in [6.07, 6.45) is -9.44. The van der Waals surface area contributed by atoms with E-state index in [1.54, 1.807) is 12.1 Å². The molecule has 3 aromatic rings. The van der Waals surface area contributed by atoms with Crippen molar-refractivity contribution in [3.63, 3.8) is 0 Å². The van der Waals surface area contributed by atoms with Gasteiger partial charge in [-0.2, -0.15) is 0 Å². The SMILES string of the molecule is [N-]=[N+]=NC[C@H]1O[C@H](O[C@H]2[C@H](O)[C@H]3OC(=O)N[C@@H]3[C@@H](OCc3ccccc3)[C@@H]2NC(=O)OCc2ccccc2)[C@H](N=[N+]=[N-])C[C@@H]1OCc1ccccc1. The molecule has 2 aliphatic heterocycles. The summed E-state index contributed by atoms with van der Waals surface area (Å²) in [5.41, 5.74) is 21.1. The Morgan fingerprint density at radius 1 is 0.885 bits per heavy atom. The number of hydrogen-bond donors (Lipinski definition) is 3. The lowest BCUT2D eigenvalue weighted by molar-refractivity contribution is -0.280. The van der Waals surface area contributed by atoms with Crippen LogP contribution in [0.25, 0.3) is 20.9 Å². The number of carbonyl (C=O) groups is 2. The highest BCUT2D eigenvalue weighted by atomic mass is 16.7. The Morgan fingerprint density at radius 3 is 2.12 bits per heavy atom. The van der Waals surface area contributed by atoms with E-state index in [2.05, 4.69) is 30.7 Å². The van der Waals surface area contributed by atoms with Gasteiger partial charge in [-0.25, -0.2) is 9.59 Å². The lowest BCUT2D eigenvalue weighted by Crippen LogP contribution is -2.71. The fourth-order valence-corrected chi connectivity index (χ4v) is 6.54. The molecule has 0 unspecified atom stereocenters. The molecular formula is C35H38N8O9. The molecule has 6 rings (SSSR count). The zero-order valence-electron chi connectivity index (χ0n) is 27.9. The predicted molar refractivity (Wildman–Crippen MR) is 182 cm³/mol. The van der Waals surface area contributed by atoms with Gasteiger partial charge in [0.1, 0.15) is 31.0 Å². The Balaban J connectivity index is 1.27. The molecule has 52 heavy (non-hydrogen) atoms. The quantitative estimate of drug-likeness (QED) is 0.118. The van der Waals surface area contributed by atoms with Crippen LogP contribution in [0.2, 0.25) is 0 Å². The first-order chi connectivity index (χ1) is 25.4. The summed E-state index contributed by atoms with van der Waals surface area (Å²) in [6, 6.07) is 24.6. The van der Waals surface area contributed by atoms with Crippen molar-refractivity contribution in [2.24, 2.45) is 10.2 Å². The maximum Gasteiger partial charge on any atom is 0.408 e. The average Bonchev–Trinajstić information content (AvgIpc) is 3.57. The van der Waals surface area contributed by atoms with Crippen molar-refractivity contribution in [2.75, 3.05) is 6.54 Å². The number of fused-ring (bicyclic) bond motifs is 1. The average molecular weight is 715 g/mol. The van der Waals surface area contributed by atoms with Crippen LogP contribution in [-0.2, 0) is 48.2 Å². The normalized spacial score (nSPS) is 29.3. The molecule has 17 nitrogen and oxygen atoms in total. The minimum atomic E-state index is -1.53. The lowest BCUT2D eigenvalue weighted by atomic mass is 9.81. The third kappa shape index (κ3) is 9.09. The molecule has 2 heterocycles. The highest BCUT2D eigenvalue weighted by Gasteiger charge is 2.58. The Labute approximate surface area is 298 Å². The molecule has 3 N–H and O–H groups in total.